The van der Waals surface area contributed by atoms with Gasteiger partial charge in [0.05, 0.1) is 0 Å². The molecule has 0 spiro atoms. The third-order valence-corrected chi connectivity index (χ3v) is 5.80. The maximum Gasteiger partial charge on any atom is 0.142 e. The lowest BCUT2D eigenvalue weighted by Gasteiger charge is -2.29. The lowest BCUT2D eigenvalue weighted by Crippen LogP contribution is -2.27. The number of fused-ring (bicyclic) bond motifs is 3. The van der Waals surface area contributed by atoms with Gasteiger partial charge in [-0.1, -0.05) is 67.8 Å². The van der Waals surface area contributed by atoms with Crippen molar-refractivity contribution in [3.8, 4) is 11.1 Å². The van der Waals surface area contributed by atoms with Gasteiger partial charge in [0.15, 0.2) is 0 Å². The molecular weight excluding hydrogens is 428 g/mol. The molecule has 0 fully saturated rings. The van der Waals surface area contributed by atoms with Crippen molar-refractivity contribution >= 4 is 31.9 Å². The van der Waals surface area contributed by atoms with Gasteiger partial charge in [0.2, 0.25) is 0 Å². The fourth-order valence-electron chi connectivity index (χ4n) is 3.66. The van der Waals surface area contributed by atoms with Gasteiger partial charge in [-0.2, -0.15) is 0 Å². The average molecular weight is 444 g/mol. The van der Waals surface area contributed by atoms with E-state index in [1.165, 1.54) is 0 Å². The Balaban J connectivity index is 2.13. The van der Waals surface area contributed by atoms with Crippen LogP contribution in [0.15, 0.2) is 63.5 Å². The molecule has 1 aliphatic rings. The molecule has 0 saturated carbocycles. The van der Waals surface area contributed by atoms with Crippen LogP contribution in [0.2, 0.25) is 0 Å². The third kappa shape index (κ3) is 2.22. The van der Waals surface area contributed by atoms with Crippen molar-refractivity contribution in [1.29, 1.82) is 0 Å². The predicted molar refractivity (Wildman–Crippen MR) is 105 cm³/mol. The van der Waals surface area contributed by atoms with E-state index in [2.05, 4.69) is 76.0 Å². The number of aryl methyl sites for hydroxylation is 2. The van der Waals surface area contributed by atoms with Crippen molar-refractivity contribution in [2.75, 3.05) is 0 Å². The lowest BCUT2D eigenvalue weighted by molar-refractivity contribution is 0.130. The van der Waals surface area contributed by atoms with Gasteiger partial charge in [-0.3, -0.25) is 0 Å². The Morgan fingerprint density at radius 1 is 0.708 bits per heavy atom. The largest absolute Gasteiger partial charge is 0.376 e. The highest BCUT2D eigenvalue weighted by molar-refractivity contribution is 9.10. The molecule has 0 heterocycles. The Kier molecular flexibility index (Phi) is 3.72. The molecule has 0 radical (unpaired) electrons. The van der Waals surface area contributed by atoms with Crippen molar-refractivity contribution in [2.24, 2.45) is 0 Å². The first-order valence-electron chi connectivity index (χ1n) is 7.82. The van der Waals surface area contributed by atoms with Crippen LogP contribution in [0.5, 0.6) is 0 Å². The Labute approximate surface area is 158 Å². The Morgan fingerprint density at radius 3 is 1.79 bits per heavy atom. The maximum atomic E-state index is 12.0. The van der Waals surface area contributed by atoms with E-state index in [4.69, 9.17) is 0 Å². The van der Waals surface area contributed by atoms with Crippen molar-refractivity contribution < 1.29 is 5.11 Å². The van der Waals surface area contributed by atoms with Crippen molar-refractivity contribution in [3.63, 3.8) is 0 Å². The number of hydrogen-bond acceptors (Lipinski definition) is 1. The van der Waals surface area contributed by atoms with E-state index >= 15 is 0 Å². The van der Waals surface area contributed by atoms with Crippen LogP contribution in [0.1, 0.15) is 27.8 Å². The van der Waals surface area contributed by atoms with Gasteiger partial charge in [0, 0.05) is 20.1 Å². The molecule has 4 rings (SSSR count). The molecule has 0 saturated heterocycles. The molecule has 0 aromatic heterocycles. The molecule has 3 heteroatoms. The standard InChI is InChI=1S/C21H16Br2O/c1-12-3-4-13(2)18(9-12)21(24)19-10-14(22)5-7-16(19)17-8-6-15(23)11-20(17)21/h3-11,24H,1-2H3. The highest BCUT2D eigenvalue weighted by Crippen LogP contribution is 2.52. The van der Waals surface area contributed by atoms with E-state index in [0.29, 0.717) is 0 Å². The second kappa shape index (κ2) is 5.55. The van der Waals surface area contributed by atoms with Crippen LogP contribution in [0.25, 0.3) is 11.1 Å². The van der Waals surface area contributed by atoms with E-state index in [0.717, 1.165) is 47.9 Å². The van der Waals surface area contributed by atoms with Gasteiger partial charge in [-0.25, -0.2) is 0 Å². The Hall–Kier alpha value is -1.42. The van der Waals surface area contributed by atoms with Crippen molar-refractivity contribution in [3.05, 3.63) is 91.4 Å². The summed E-state index contributed by atoms with van der Waals surface area (Å²) < 4.78 is 1.94. The quantitative estimate of drug-likeness (QED) is 0.482. The van der Waals surface area contributed by atoms with Gasteiger partial charge in [-0.05, 0) is 60.4 Å². The van der Waals surface area contributed by atoms with Crippen molar-refractivity contribution in [1.82, 2.24) is 0 Å². The van der Waals surface area contributed by atoms with Crippen LogP contribution in [-0.2, 0) is 5.60 Å². The summed E-state index contributed by atoms with van der Waals surface area (Å²) in [6.07, 6.45) is 0. The normalized spacial score (nSPS) is 14.4. The molecule has 1 aliphatic carbocycles. The summed E-state index contributed by atoms with van der Waals surface area (Å²) in [5.74, 6) is 0. The topological polar surface area (TPSA) is 20.2 Å². The van der Waals surface area contributed by atoms with Gasteiger partial charge < -0.3 is 5.11 Å². The minimum atomic E-state index is -1.14. The van der Waals surface area contributed by atoms with Gasteiger partial charge in [-0.15, -0.1) is 0 Å². The summed E-state index contributed by atoms with van der Waals surface area (Å²) in [4.78, 5) is 0. The molecule has 0 aliphatic heterocycles. The third-order valence-electron chi connectivity index (χ3n) is 4.82. The minimum Gasteiger partial charge on any atom is -0.376 e. The van der Waals surface area contributed by atoms with Crippen molar-refractivity contribution in [2.45, 2.75) is 19.4 Å². The SMILES string of the molecule is Cc1ccc(C)c(C2(O)c3cc(Br)ccc3-c3ccc(Br)cc32)c1. The zero-order valence-corrected chi connectivity index (χ0v) is 16.6. The van der Waals surface area contributed by atoms with Gasteiger partial charge >= 0.3 is 0 Å². The van der Waals surface area contributed by atoms with E-state index in [1.807, 2.05) is 24.3 Å². The zero-order chi connectivity index (χ0) is 17.1. The molecule has 3 aromatic rings. The highest BCUT2D eigenvalue weighted by atomic mass is 79.9. The summed E-state index contributed by atoms with van der Waals surface area (Å²) in [5.41, 5.74) is 6.06. The number of aliphatic hydroxyl groups is 1. The molecule has 0 atom stereocenters. The number of benzene rings is 3. The second-order valence-corrected chi connectivity index (χ2v) is 8.24. The second-order valence-electron chi connectivity index (χ2n) is 6.41. The van der Waals surface area contributed by atoms with E-state index in [9.17, 15) is 5.11 Å². The molecule has 0 bridgehead atoms. The van der Waals surface area contributed by atoms with Crippen LogP contribution in [-0.4, -0.2) is 5.11 Å². The summed E-state index contributed by atoms with van der Waals surface area (Å²) in [7, 11) is 0. The predicted octanol–water partition coefficient (Wildman–Crippen LogP) is 6.09. The maximum absolute atomic E-state index is 12.0. The highest BCUT2D eigenvalue weighted by Gasteiger charge is 2.44. The monoisotopic (exact) mass is 442 g/mol. The summed E-state index contributed by atoms with van der Waals surface area (Å²) >= 11 is 7.12. The summed E-state index contributed by atoms with van der Waals surface area (Å²) in [6.45, 7) is 4.12. The van der Waals surface area contributed by atoms with E-state index in [-0.39, 0.29) is 0 Å². The van der Waals surface area contributed by atoms with Gasteiger partial charge in [0.25, 0.3) is 0 Å². The molecule has 1 N–H and O–H groups in total. The van der Waals surface area contributed by atoms with Crippen LogP contribution in [0, 0.1) is 13.8 Å². The van der Waals surface area contributed by atoms with Crippen LogP contribution >= 0.6 is 31.9 Å². The fraction of sp³-hybridized carbons (Fsp3) is 0.143. The molecule has 1 nitrogen and oxygen atoms in total. The van der Waals surface area contributed by atoms with Crippen LogP contribution in [0.4, 0.5) is 0 Å². The first-order valence-corrected chi connectivity index (χ1v) is 9.40. The molecule has 0 amide bonds. The average Bonchev–Trinajstić information content (AvgIpc) is 2.79. The van der Waals surface area contributed by atoms with E-state index in [1.54, 1.807) is 0 Å². The van der Waals surface area contributed by atoms with E-state index < -0.39 is 5.60 Å². The summed E-state index contributed by atoms with van der Waals surface area (Å²) in [5, 5.41) is 12.0. The molecule has 3 aromatic carbocycles. The van der Waals surface area contributed by atoms with Gasteiger partial charge in [0.1, 0.15) is 5.60 Å². The molecular formula is C21H16Br2O. The molecule has 120 valence electrons. The Bertz CT molecular complexity index is 924. The van der Waals surface area contributed by atoms with Crippen LogP contribution in [0.3, 0.4) is 0 Å². The Morgan fingerprint density at radius 2 is 1.25 bits per heavy atom. The molecule has 24 heavy (non-hydrogen) atoms. The minimum absolute atomic E-state index is 0.929. The fourth-order valence-corrected chi connectivity index (χ4v) is 4.38. The zero-order valence-electron chi connectivity index (χ0n) is 13.4. The number of rotatable bonds is 1. The molecule has 0 unspecified atom stereocenters. The first-order chi connectivity index (χ1) is 11.4. The number of hydrogen-bond donors (Lipinski definition) is 1. The lowest BCUT2D eigenvalue weighted by atomic mass is 9.81. The smallest absolute Gasteiger partial charge is 0.142 e. The van der Waals surface area contributed by atoms with Crippen LogP contribution < -0.4 is 0 Å². The summed E-state index contributed by atoms with van der Waals surface area (Å²) in [6, 6.07) is 18.5. The number of halogens is 2. The first kappa shape index (κ1) is 16.1.